The number of hydrogen-bond donors (Lipinski definition) is 0. The molecule has 1 atom stereocenters. The van der Waals surface area contributed by atoms with Gasteiger partial charge < -0.3 is 14.2 Å². The first-order valence-electron chi connectivity index (χ1n) is 7.89. The number of aromatic nitrogens is 3. The van der Waals surface area contributed by atoms with E-state index < -0.39 is 0 Å². The van der Waals surface area contributed by atoms with Gasteiger partial charge in [0.05, 0.1) is 13.2 Å². The number of aryl methyl sites for hydroxylation is 2. The molecular formula is C17H22N4O2. The highest BCUT2D eigenvalue weighted by atomic mass is 16.5. The van der Waals surface area contributed by atoms with E-state index in [9.17, 15) is 4.79 Å². The fourth-order valence-electron chi connectivity index (χ4n) is 2.95. The first-order chi connectivity index (χ1) is 11.1. The highest BCUT2D eigenvalue weighted by Gasteiger charge is 2.25. The first-order valence-corrected chi connectivity index (χ1v) is 7.89. The summed E-state index contributed by atoms with van der Waals surface area (Å²) in [4.78, 5) is 23.1. The second kappa shape index (κ2) is 6.91. The molecule has 0 unspecified atom stereocenters. The van der Waals surface area contributed by atoms with Crippen molar-refractivity contribution in [2.75, 3.05) is 26.3 Å². The van der Waals surface area contributed by atoms with Crippen molar-refractivity contribution in [2.24, 2.45) is 13.0 Å². The van der Waals surface area contributed by atoms with Gasteiger partial charge in [0, 0.05) is 43.6 Å². The lowest BCUT2D eigenvalue weighted by Crippen LogP contribution is -2.37. The molecule has 3 rings (SSSR count). The Morgan fingerprint density at radius 3 is 3.04 bits per heavy atom. The molecule has 0 N–H and O–H groups in total. The van der Waals surface area contributed by atoms with Gasteiger partial charge in [-0.25, -0.2) is 9.97 Å². The molecule has 6 heteroatoms. The standard InChI is InChI=1S/C17H22N4O2/c1-13-8-15(19-12-18-13)9-14-10-21(6-7-23-11-14)17(22)16-4-3-5-20(16)2/h3-5,8,12,14H,6-7,9-11H2,1-2H3/t14-/m1/s1. The van der Waals surface area contributed by atoms with Crippen LogP contribution in [0.25, 0.3) is 0 Å². The molecule has 0 radical (unpaired) electrons. The Morgan fingerprint density at radius 1 is 1.43 bits per heavy atom. The van der Waals surface area contributed by atoms with Gasteiger partial charge in [0.15, 0.2) is 0 Å². The summed E-state index contributed by atoms with van der Waals surface area (Å²) < 4.78 is 7.55. The van der Waals surface area contributed by atoms with Crippen LogP contribution in [0.3, 0.4) is 0 Å². The topological polar surface area (TPSA) is 60.2 Å². The SMILES string of the molecule is Cc1cc(C[C@H]2COCCN(C(=O)c3cccn3C)C2)ncn1. The van der Waals surface area contributed by atoms with Crippen LogP contribution in [0, 0.1) is 12.8 Å². The quantitative estimate of drug-likeness (QED) is 0.860. The number of carbonyl (C=O) groups excluding carboxylic acids is 1. The number of amides is 1. The van der Waals surface area contributed by atoms with E-state index in [-0.39, 0.29) is 11.8 Å². The van der Waals surface area contributed by atoms with Crippen LogP contribution in [-0.4, -0.2) is 51.6 Å². The molecule has 23 heavy (non-hydrogen) atoms. The van der Waals surface area contributed by atoms with Crippen molar-refractivity contribution in [3.63, 3.8) is 0 Å². The highest BCUT2D eigenvalue weighted by Crippen LogP contribution is 2.15. The molecule has 0 saturated carbocycles. The molecule has 1 aliphatic heterocycles. The van der Waals surface area contributed by atoms with Crippen LogP contribution in [0.15, 0.2) is 30.7 Å². The molecule has 6 nitrogen and oxygen atoms in total. The Balaban J connectivity index is 1.71. The minimum absolute atomic E-state index is 0.0619. The van der Waals surface area contributed by atoms with Crippen molar-refractivity contribution < 1.29 is 9.53 Å². The maximum atomic E-state index is 12.7. The van der Waals surface area contributed by atoms with Gasteiger partial charge in [-0.15, -0.1) is 0 Å². The van der Waals surface area contributed by atoms with Crippen LogP contribution < -0.4 is 0 Å². The Labute approximate surface area is 136 Å². The zero-order chi connectivity index (χ0) is 16.2. The van der Waals surface area contributed by atoms with Gasteiger partial charge in [0.2, 0.25) is 0 Å². The fourth-order valence-corrected chi connectivity index (χ4v) is 2.95. The molecule has 1 aliphatic rings. The molecule has 0 bridgehead atoms. The minimum Gasteiger partial charge on any atom is -0.379 e. The summed E-state index contributed by atoms with van der Waals surface area (Å²) in [6.07, 6.45) is 4.28. The van der Waals surface area contributed by atoms with Crippen LogP contribution in [0.1, 0.15) is 21.9 Å². The van der Waals surface area contributed by atoms with Crippen molar-refractivity contribution >= 4 is 5.91 Å². The monoisotopic (exact) mass is 314 g/mol. The molecule has 1 amide bonds. The number of carbonyl (C=O) groups is 1. The summed E-state index contributed by atoms with van der Waals surface area (Å²) >= 11 is 0. The summed E-state index contributed by atoms with van der Waals surface area (Å²) in [5.41, 5.74) is 2.67. The van der Waals surface area contributed by atoms with Crippen LogP contribution in [0.4, 0.5) is 0 Å². The average molecular weight is 314 g/mol. The van der Waals surface area contributed by atoms with E-state index in [4.69, 9.17) is 4.74 Å². The predicted molar refractivity (Wildman–Crippen MR) is 86.1 cm³/mol. The van der Waals surface area contributed by atoms with Crippen molar-refractivity contribution in [1.82, 2.24) is 19.4 Å². The van der Waals surface area contributed by atoms with Crippen molar-refractivity contribution in [1.29, 1.82) is 0 Å². The van der Waals surface area contributed by atoms with Crippen LogP contribution in [0.5, 0.6) is 0 Å². The molecule has 2 aromatic heterocycles. The van der Waals surface area contributed by atoms with E-state index >= 15 is 0 Å². The van der Waals surface area contributed by atoms with E-state index in [1.165, 1.54) is 0 Å². The largest absolute Gasteiger partial charge is 0.379 e. The molecule has 2 aromatic rings. The van der Waals surface area contributed by atoms with Gasteiger partial charge in [-0.2, -0.15) is 0 Å². The third-order valence-electron chi connectivity index (χ3n) is 4.15. The van der Waals surface area contributed by atoms with Gasteiger partial charge in [-0.3, -0.25) is 4.79 Å². The van der Waals surface area contributed by atoms with E-state index in [1.807, 2.05) is 47.8 Å². The van der Waals surface area contributed by atoms with E-state index in [1.54, 1.807) is 6.33 Å². The van der Waals surface area contributed by atoms with Crippen molar-refractivity contribution in [3.8, 4) is 0 Å². The first kappa shape index (κ1) is 15.7. The Morgan fingerprint density at radius 2 is 2.30 bits per heavy atom. The van der Waals surface area contributed by atoms with Gasteiger partial charge in [-0.05, 0) is 31.5 Å². The van der Waals surface area contributed by atoms with E-state index in [2.05, 4.69) is 9.97 Å². The predicted octanol–water partition coefficient (Wildman–Crippen LogP) is 1.45. The summed E-state index contributed by atoms with van der Waals surface area (Å²) in [6, 6.07) is 5.74. The van der Waals surface area contributed by atoms with Crippen molar-refractivity contribution in [3.05, 3.63) is 47.8 Å². The summed E-state index contributed by atoms with van der Waals surface area (Å²) in [6.45, 7) is 4.51. The van der Waals surface area contributed by atoms with Gasteiger partial charge in [-0.1, -0.05) is 0 Å². The second-order valence-electron chi connectivity index (χ2n) is 6.05. The molecule has 1 fully saturated rings. The zero-order valence-electron chi connectivity index (χ0n) is 13.6. The average Bonchev–Trinajstić information content (AvgIpc) is 2.81. The molecule has 122 valence electrons. The Bertz CT molecular complexity index is 683. The molecular weight excluding hydrogens is 292 g/mol. The summed E-state index contributed by atoms with van der Waals surface area (Å²) in [5.74, 6) is 0.308. The van der Waals surface area contributed by atoms with E-state index in [0.717, 1.165) is 17.8 Å². The second-order valence-corrected chi connectivity index (χ2v) is 6.05. The van der Waals surface area contributed by atoms with Crippen LogP contribution in [0.2, 0.25) is 0 Å². The van der Waals surface area contributed by atoms with E-state index in [0.29, 0.717) is 32.0 Å². The number of rotatable bonds is 3. The normalized spacial score (nSPS) is 18.7. The lowest BCUT2D eigenvalue weighted by molar-refractivity contribution is 0.0728. The summed E-state index contributed by atoms with van der Waals surface area (Å²) in [7, 11) is 1.89. The molecule has 0 spiro atoms. The number of ether oxygens (including phenoxy) is 1. The molecule has 3 heterocycles. The number of nitrogens with zero attached hydrogens (tertiary/aromatic N) is 4. The lowest BCUT2D eigenvalue weighted by atomic mass is 10.0. The third-order valence-corrected chi connectivity index (χ3v) is 4.15. The molecule has 0 aliphatic carbocycles. The highest BCUT2D eigenvalue weighted by molar-refractivity contribution is 5.92. The Hall–Kier alpha value is -2.21. The van der Waals surface area contributed by atoms with Gasteiger partial charge in [0.1, 0.15) is 12.0 Å². The zero-order valence-corrected chi connectivity index (χ0v) is 13.6. The maximum absolute atomic E-state index is 12.7. The molecule has 1 saturated heterocycles. The maximum Gasteiger partial charge on any atom is 0.270 e. The van der Waals surface area contributed by atoms with Crippen molar-refractivity contribution in [2.45, 2.75) is 13.3 Å². The molecule has 0 aromatic carbocycles. The lowest BCUT2D eigenvalue weighted by Gasteiger charge is -2.23. The van der Waals surface area contributed by atoms with Gasteiger partial charge >= 0.3 is 0 Å². The number of hydrogen-bond acceptors (Lipinski definition) is 4. The Kier molecular flexibility index (Phi) is 4.71. The minimum atomic E-state index is 0.0619. The van der Waals surface area contributed by atoms with Gasteiger partial charge in [0.25, 0.3) is 5.91 Å². The van der Waals surface area contributed by atoms with Crippen LogP contribution >= 0.6 is 0 Å². The smallest absolute Gasteiger partial charge is 0.270 e. The third kappa shape index (κ3) is 3.76. The summed E-state index contributed by atoms with van der Waals surface area (Å²) in [5, 5.41) is 0. The van der Waals surface area contributed by atoms with Crippen LogP contribution in [-0.2, 0) is 18.2 Å². The fraction of sp³-hybridized carbons (Fsp3) is 0.471.